The Morgan fingerprint density at radius 3 is 2.85 bits per heavy atom. The van der Waals surface area contributed by atoms with Gasteiger partial charge in [0.25, 0.3) is 0 Å². The number of nitrogens with zero attached hydrogens (tertiary/aromatic N) is 3. The van der Waals surface area contributed by atoms with E-state index in [1.165, 1.54) is 32.5 Å². The molecule has 1 unspecified atom stereocenters. The highest BCUT2D eigenvalue weighted by atomic mass is 35.5. The smallest absolute Gasteiger partial charge is 0.191 e. The number of benzene rings is 1. The fraction of sp³-hybridized carbons (Fsp3) is 0.650. The van der Waals surface area contributed by atoms with Gasteiger partial charge in [-0.3, -0.25) is 4.99 Å². The van der Waals surface area contributed by atoms with Gasteiger partial charge < -0.3 is 25.2 Å². The number of methoxy groups -OCH3 is 1. The Morgan fingerprint density at radius 1 is 1.30 bits per heavy atom. The summed E-state index contributed by atoms with van der Waals surface area (Å²) < 4.78 is 5.50. The van der Waals surface area contributed by atoms with Crippen molar-refractivity contribution in [3.8, 4) is 5.75 Å². The lowest BCUT2D eigenvalue weighted by Gasteiger charge is -2.22. The van der Waals surface area contributed by atoms with E-state index >= 15 is 0 Å². The third-order valence-corrected chi connectivity index (χ3v) is 5.61. The molecule has 1 atom stereocenters. The van der Waals surface area contributed by atoms with Crippen molar-refractivity contribution in [1.29, 1.82) is 0 Å². The van der Waals surface area contributed by atoms with Crippen LogP contribution in [0.4, 0.5) is 5.69 Å². The number of guanidine groups is 1. The maximum absolute atomic E-state index is 6.18. The molecule has 2 heterocycles. The van der Waals surface area contributed by atoms with Crippen LogP contribution in [0.15, 0.2) is 23.2 Å². The summed E-state index contributed by atoms with van der Waals surface area (Å²) in [6.45, 7) is 6.53. The first kappa shape index (κ1) is 20.1. The van der Waals surface area contributed by atoms with Gasteiger partial charge >= 0.3 is 0 Å². The molecule has 3 rings (SSSR count). The lowest BCUT2D eigenvalue weighted by molar-refractivity contribution is 0.334. The standard InChI is InChI=1S/C20H32ClN5O/c1-22-20(23-9-5-12-25-10-3-4-11-25)24-17-8-13-26(15-17)18-14-16(21)6-7-19(18)27-2/h6-7,14,17H,3-5,8-13,15H2,1-2H3,(H2,22,23,24). The van der Waals surface area contributed by atoms with Crippen molar-refractivity contribution in [3.63, 3.8) is 0 Å². The van der Waals surface area contributed by atoms with E-state index in [4.69, 9.17) is 16.3 Å². The van der Waals surface area contributed by atoms with Crippen LogP contribution in [0.3, 0.4) is 0 Å². The molecule has 2 fully saturated rings. The predicted octanol–water partition coefficient (Wildman–Crippen LogP) is 2.58. The van der Waals surface area contributed by atoms with Gasteiger partial charge in [0.2, 0.25) is 0 Å². The Bertz CT molecular complexity index is 633. The number of halogens is 1. The van der Waals surface area contributed by atoms with Crippen molar-refractivity contribution in [2.45, 2.75) is 31.7 Å². The van der Waals surface area contributed by atoms with Crippen LogP contribution in [0.5, 0.6) is 5.75 Å². The van der Waals surface area contributed by atoms with E-state index in [0.29, 0.717) is 6.04 Å². The zero-order chi connectivity index (χ0) is 19.1. The summed E-state index contributed by atoms with van der Waals surface area (Å²) in [5, 5.41) is 7.74. The number of rotatable bonds is 7. The average Bonchev–Trinajstić information content (AvgIpc) is 3.36. The summed E-state index contributed by atoms with van der Waals surface area (Å²) in [5.41, 5.74) is 1.06. The number of likely N-dealkylation sites (tertiary alicyclic amines) is 1. The van der Waals surface area contributed by atoms with Gasteiger partial charge in [-0.2, -0.15) is 0 Å². The molecule has 0 saturated carbocycles. The lowest BCUT2D eigenvalue weighted by atomic mass is 10.2. The van der Waals surface area contributed by atoms with Crippen LogP contribution < -0.4 is 20.3 Å². The Balaban J connectivity index is 1.44. The van der Waals surface area contributed by atoms with Crippen molar-refractivity contribution in [3.05, 3.63) is 23.2 Å². The van der Waals surface area contributed by atoms with E-state index in [0.717, 1.165) is 54.9 Å². The molecule has 0 radical (unpaired) electrons. The maximum Gasteiger partial charge on any atom is 0.191 e. The second kappa shape index (κ2) is 10.0. The molecule has 0 amide bonds. The highest BCUT2D eigenvalue weighted by molar-refractivity contribution is 6.30. The number of ether oxygens (including phenoxy) is 1. The monoisotopic (exact) mass is 393 g/mol. The Kier molecular flexibility index (Phi) is 7.47. The molecule has 2 aliphatic rings. The SMILES string of the molecule is CN=C(NCCCN1CCCC1)NC1CCN(c2cc(Cl)ccc2OC)C1. The predicted molar refractivity (Wildman–Crippen MR) is 113 cm³/mol. The molecule has 0 aromatic heterocycles. The molecule has 2 saturated heterocycles. The van der Waals surface area contributed by atoms with Crippen molar-refractivity contribution >= 4 is 23.2 Å². The fourth-order valence-electron chi connectivity index (χ4n) is 3.91. The van der Waals surface area contributed by atoms with Crippen LogP contribution in [-0.4, -0.2) is 70.3 Å². The Labute approximate surface area is 167 Å². The largest absolute Gasteiger partial charge is 0.495 e. The Hall–Kier alpha value is -1.66. The van der Waals surface area contributed by atoms with Gasteiger partial charge in [0.15, 0.2) is 5.96 Å². The van der Waals surface area contributed by atoms with Crippen molar-refractivity contribution in [1.82, 2.24) is 15.5 Å². The lowest BCUT2D eigenvalue weighted by Crippen LogP contribution is -2.45. The highest BCUT2D eigenvalue weighted by Gasteiger charge is 2.25. The first-order valence-electron chi connectivity index (χ1n) is 9.97. The molecule has 150 valence electrons. The van der Waals surface area contributed by atoms with E-state index in [2.05, 4.69) is 25.4 Å². The zero-order valence-electron chi connectivity index (χ0n) is 16.5. The number of anilines is 1. The molecule has 0 spiro atoms. The van der Waals surface area contributed by atoms with Crippen molar-refractivity contribution in [2.75, 3.05) is 58.3 Å². The minimum Gasteiger partial charge on any atom is -0.495 e. The third-order valence-electron chi connectivity index (χ3n) is 5.38. The van der Waals surface area contributed by atoms with Crippen molar-refractivity contribution < 1.29 is 4.74 Å². The second-order valence-corrected chi connectivity index (χ2v) is 7.73. The topological polar surface area (TPSA) is 52.1 Å². The minimum absolute atomic E-state index is 0.360. The van der Waals surface area contributed by atoms with Gasteiger partial charge in [0.1, 0.15) is 5.75 Å². The molecule has 2 N–H and O–H groups in total. The van der Waals surface area contributed by atoms with E-state index in [1.807, 2.05) is 25.2 Å². The number of aliphatic imine (C=N–C) groups is 1. The van der Waals surface area contributed by atoms with E-state index < -0.39 is 0 Å². The molecular weight excluding hydrogens is 362 g/mol. The molecule has 7 heteroatoms. The third kappa shape index (κ3) is 5.66. The molecule has 1 aromatic carbocycles. The number of nitrogens with one attached hydrogen (secondary N) is 2. The summed E-state index contributed by atoms with van der Waals surface area (Å²) in [7, 11) is 3.54. The summed E-state index contributed by atoms with van der Waals surface area (Å²) in [5.74, 6) is 1.76. The molecule has 27 heavy (non-hydrogen) atoms. The van der Waals surface area contributed by atoms with E-state index in [-0.39, 0.29) is 0 Å². The molecule has 2 aliphatic heterocycles. The van der Waals surface area contributed by atoms with Crippen LogP contribution in [0.1, 0.15) is 25.7 Å². The molecule has 0 aliphatic carbocycles. The van der Waals surface area contributed by atoms with Crippen molar-refractivity contribution in [2.24, 2.45) is 4.99 Å². The van der Waals surface area contributed by atoms with E-state index in [1.54, 1.807) is 7.11 Å². The van der Waals surface area contributed by atoms with Gasteiger partial charge in [-0.15, -0.1) is 0 Å². The molecule has 6 nitrogen and oxygen atoms in total. The van der Waals surface area contributed by atoms with Crippen LogP contribution in [0, 0.1) is 0 Å². The summed E-state index contributed by atoms with van der Waals surface area (Å²) in [6, 6.07) is 6.13. The average molecular weight is 394 g/mol. The second-order valence-electron chi connectivity index (χ2n) is 7.29. The van der Waals surface area contributed by atoms with Gasteiger partial charge in [-0.1, -0.05) is 11.6 Å². The summed E-state index contributed by atoms with van der Waals surface area (Å²) in [4.78, 5) is 9.25. The number of hydrogen-bond acceptors (Lipinski definition) is 4. The first-order chi connectivity index (χ1) is 13.2. The number of hydrogen-bond donors (Lipinski definition) is 2. The van der Waals surface area contributed by atoms with Gasteiger partial charge in [-0.05, 0) is 63.5 Å². The maximum atomic E-state index is 6.18. The van der Waals surface area contributed by atoms with E-state index in [9.17, 15) is 0 Å². The van der Waals surface area contributed by atoms with Crippen LogP contribution >= 0.6 is 11.6 Å². The molecule has 0 bridgehead atoms. The zero-order valence-corrected chi connectivity index (χ0v) is 17.3. The Morgan fingerprint density at radius 2 is 2.11 bits per heavy atom. The van der Waals surface area contributed by atoms with Gasteiger partial charge in [0.05, 0.1) is 12.8 Å². The van der Waals surface area contributed by atoms with Crippen LogP contribution in [-0.2, 0) is 0 Å². The normalized spacial score (nSPS) is 20.9. The van der Waals surface area contributed by atoms with Crippen LogP contribution in [0.25, 0.3) is 0 Å². The fourth-order valence-corrected chi connectivity index (χ4v) is 4.08. The highest BCUT2D eigenvalue weighted by Crippen LogP contribution is 2.33. The quantitative estimate of drug-likeness (QED) is 0.423. The first-order valence-corrected chi connectivity index (χ1v) is 10.4. The molecular formula is C20H32ClN5O. The molecule has 1 aromatic rings. The summed E-state index contributed by atoms with van der Waals surface area (Å²) >= 11 is 6.18. The van der Waals surface area contributed by atoms with Gasteiger partial charge in [0, 0.05) is 37.7 Å². The summed E-state index contributed by atoms with van der Waals surface area (Å²) in [6.07, 6.45) is 4.92. The van der Waals surface area contributed by atoms with Crippen LogP contribution in [0.2, 0.25) is 5.02 Å². The van der Waals surface area contributed by atoms with Gasteiger partial charge in [-0.25, -0.2) is 0 Å². The minimum atomic E-state index is 0.360.